The molecule has 0 radical (unpaired) electrons. The van der Waals surface area contributed by atoms with Crippen LogP contribution in [0, 0.1) is 0 Å². The van der Waals surface area contributed by atoms with Crippen LogP contribution in [0.4, 0.5) is 0 Å². The molecule has 0 heterocycles. The summed E-state index contributed by atoms with van der Waals surface area (Å²) >= 11 is 1.94. The van der Waals surface area contributed by atoms with E-state index in [1.165, 1.54) is 0 Å². The number of esters is 1. The molecule has 0 aliphatic rings. The Morgan fingerprint density at radius 1 is 1.14 bits per heavy atom. The molecule has 2 aromatic rings. The third-order valence-electron chi connectivity index (χ3n) is 3.26. The molecule has 3 nitrogen and oxygen atoms in total. The van der Waals surface area contributed by atoms with Crippen LogP contribution in [0.15, 0.2) is 64.3 Å². The van der Waals surface area contributed by atoms with E-state index in [1.807, 2.05) is 77.2 Å². The summed E-state index contributed by atoms with van der Waals surface area (Å²) < 4.78 is 6.52. The van der Waals surface area contributed by atoms with Crippen molar-refractivity contribution in [1.82, 2.24) is 0 Å². The monoisotopic (exact) mass is 408 g/mol. The molecule has 0 saturated heterocycles. The predicted molar refractivity (Wildman–Crippen MR) is 95.6 cm³/mol. The van der Waals surface area contributed by atoms with E-state index >= 15 is 0 Å². The van der Waals surface area contributed by atoms with Crippen LogP contribution in [-0.4, -0.2) is 17.7 Å². The first-order valence-corrected chi connectivity index (χ1v) is 8.22. The van der Waals surface area contributed by atoms with Crippen molar-refractivity contribution in [3.63, 3.8) is 0 Å². The van der Waals surface area contributed by atoms with Crippen LogP contribution >= 0.6 is 22.6 Å². The molecule has 1 N–H and O–H groups in total. The van der Waals surface area contributed by atoms with Gasteiger partial charge >= 0.3 is 5.97 Å². The summed E-state index contributed by atoms with van der Waals surface area (Å²) in [7, 11) is 0. The Kier molecular flexibility index (Phi) is 6.15. The summed E-state index contributed by atoms with van der Waals surface area (Å²) in [6, 6.07) is 17.5. The standard InChI is InChI=1S/C18H17IO3/c1-2-22-18(21)16(12-19)17(20)15-10-8-14(9-11-15)13-6-4-3-5-7-13/h3-12,17,20H,2H2,1H3/b16-12-. The van der Waals surface area contributed by atoms with Crippen molar-refractivity contribution in [3.8, 4) is 11.1 Å². The van der Waals surface area contributed by atoms with Gasteiger partial charge in [-0.1, -0.05) is 77.2 Å². The molecular formula is C18H17IO3. The first-order valence-electron chi connectivity index (χ1n) is 6.98. The topological polar surface area (TPSA) is 46.5 Å². The number of hydrogen-bond acceptors (Lipinski definition) is 3. The normalized spacial score (nSPS) is 12.8. The highest BCUT2D eigenvalue weighted by Crippen LogP contribution is 2.26. The highest BCUT2D eigenvalue weighted by atomic mass is 127. The second-order valence-electron chi connectivity index (χ2n) is 4.68. The van der Waals surface area contributed by atoms with E-state index in [0.717, 1.165) is 11.1 Å². The molecule has 2 aromatic carbocycles. The lowest BCUT2D eigenvalue weighted by molar-refractivity contribution is -0.139. The van der Waals surface area contributed by atoms with E-state index in [9.17, 15) is 9.90 Å². The first kappa shape index (κ1) is 16.7. The molecule has 0 saturated carbocycles. The van der Waals surface area contributed by atoms with Crippen LogP contribution in [0.5, 0.6) is 0 Å². The number of aliphatic hydroxyl groups excluding tert-OH is 1. The molecule has 22 heavy (non-hydrogen) atoms. The SMILES string of the molecule is CCOC(=O)/C(=C\I)C(O)c1ccc(-c2ccccc2)cc1. The minimum atomic E-state index is -0.985. The van der Waals surface area contributed by atoms with Gasteiger partial charge in [-0.05, 0) is 27.7 Å². The van der Waals surface area contributed by atoms with Crippen molar-refractivity contribution in [1.29, 1.82) is 0 Å². The van der Waals surface area contributed by atoms with Gasteiger partial charge in [0.2, 0.25) is 0 Å². The fraction of sp³-hybridized carbons (Fsp3) is 0.167. The maximum Gasteiger partial charge on any atom is 0.337 e. The fourth-order valence-corrected chi connectivity index (χ4v) is 2.69. The summed E-state index contributed by atoms with van der Waals surface area (Å²) in [5, 5.41) is 10.4. The molecule has 2 rings (SSSR count). The largest absolute Gasteiger partial charge is 0.463 e. The van der Waals surface area contributed by atoms with Crippen molar-refractivity contribution in [2.24, 2.45) is 0 Å². The molecular weight excluding hydrogens is 391 g/mol. The van der Waals surface area contributed by atoms with Crippen molar-refractivity contribution < 1.29 is 14.6 Å². The summed E-state index contributed by atoms with van der Waals surface area (Å²) in [6.07, 6.45) is -0.985. The van der Waals surface area contributed by atoms with Crippen molar-refractivity contribution in [2.75, 3.05) is 6.61 Å². The Balaban J connectivity index is 2.21. The van der Waals surface area contributed by atoms with Crippen molar-refractivity contribution >= 4 is 28.6 Å². The second kappa shape index (κ2) is 8.10. The van der Waals surface area contributed by atoms with E-state index in [4.69, 9.17) is 4.74 Å². The van der Waals surface area contributed by atoms with Crippen LogP contribution in [0.1, 0.15) is 18.6 Å². The smallest absolute Gasteiger partial charge is 0.337 e. The molecule has 1 unspecified atom stereocenters. The highest BCUT2D eigenvalue weighted by molar-refractivity contribution is 14.1. The molecule has 4 heteroatoms. The van der Waals surface area contributed by atoms with Crippen molar-refractivity contribution in [3.05, 3.63) is 69.8 Å². The number of carbonyl (C=O) groups is 1. The number of hydrogen-bond donors (Lipinski definition) is 1. The van der Waals surface area contributed by atoms with E-state index in [0.29, 0.717) is 5.56 Å². The first-order chi connectivity index (χ1) is 10.7. The average molecular weight is 408 g/mol. The van der Waals surface area contributed by atoms with Gasteiger partial charge < -0.3 is 9.84 Å². The van der Waals surface area contributed by atoms with E-state index in [1.54, 1.807) is 11.0 Å². The summed E-state index contributed by atoms with van der Waals surface area (Å²) in [4.78, 5) is 11.8. The molecule has 114 valence electrons. The Bertz CT molecular complexity index is 648. The molecule has 0 aliphatic carbocycles. The Hall–Kier alpha value is -1.66. The predicted octanol–water partition coefficient (Wildman–Crippen LogP) is 4.27. The van der Waals surface area contributed by atoms with Gasteiger partial charge in [0.1, 0.15) is 6.10 Å². The number of ether oxygens (including phenoxy) is 1. The Morgan fingerprint density at radius 3 is 2.27 bits per heavy atom. The summed E-state index contributed by atoms with van der Waals surface area (Å²) in [5.41, 5.74) is 3.08. The zero-order valence-corrected chi connectivity index (χ0v) is 14.4. The van der Waals surface area contributed by atoms with E-state index in [2.05, 4.69) is 0 Å². The quantitative estimate of drug-likeness (QED) is 0.457. The number of aliphatic hydroxyl groups is 1. The molecule has 1 atom stereocenters. The van der Waals surface area contributed by atoms with Crippen LogP contribution in [0.2, 0.25) is 0 Å². The van der Waals surface area contributed by atoms with Crippen LogP contribution in [0.3, 0.4) is 0 Å². The van der Waals surface area contributed by atoms with Gasteiger partial charge in [-0.3, -0.25) is 0 Å². The third kappa shape index (κ3) is 3.96. The molecule has 0 spiro atoms. The van der Waals surface area contributed by atoms with E-state index < -0.39 is 12.1 Å². The van der Waals surface area contributed by atoms with Gasteiger partial charge in [0.05, 0.1) is 12.2 Å². The van der Waals surface area contributed by atoms with Gasteiger partial charge in [0, 0.05) is 0 Å². The Labute approximate surface area is 143 Å². The highest BCUT2D eigenvalue weighted by Gasteiger charge is 2.21. The van der Waals surface area contributed by atoms with Crippen molar-refractivity contribution in [2.45, 2.75) is 13.0 Å². The minimum absolute atomic E-state index is 0.245. The van der Waals surface area contributed by atoms with Crippen LogP contribution in [0.25, 0.3) is 11.1 Å². The minimum Gasteiger partial charge on any atom is -0.463 e. The number of rotatable bonds is 5. The van der Waals surface area contributed by atoms with Gasteiger partial charge in [-0.25, -0.2) is 4.79 Å². The molecule has 0 bridgehead atoms. The fourth-order valence-electron chi connectivity index (χ4n) is 2.10. The second-order valence-corrected chi connectivity index (χ2v) is 5.30. The van der Waals surface area contributed by atoms with Gasteiger partial charge in [0.15, 0.2) is 0 Å². The summed E-state index contributed by atoms with van der Waals surface area (Å²) in [6.45, 7) is 2.02. The average Bonchev–Trinajstić information content (AvgIpc) is 2.56. The van der Waals surface area contributed by atoms with Crippen LogP contribution < -0.4 is 0 Å². The molecule has 0 fully saturated rings. The Morgan fingerprint density at radius 2 is 1.73 bits per heavy atom. The molecule has 0 aliphatic heterocycles. The molecule has 0 amide bonds. The van der Waals surface area contributed by atoms with Gasteiger partial charge in [-0.2, -0.15) is 0 Å². The summed E-state index contributed by atoms with van der Waals surface area (Å²) in [5.74, 6) is -0.489. The number of benzene rings is 2. The lowest BCUT2D eigenvalue weighted by Gasteiger charge is -2.14. The zero-order valence-electron chi connectivity index (χ0n) is 12.2. The number of halogens is 1. The van der Waals surface area contributed by atoms with Gasteiger partial charge in [-0.15, -0.1) is 0 Å². The van der Waals surface area contributed by atoms with Gasteiger partial charge in [0.25, 0.3) is 0 Å². The lowest BCUT2D eigenvalue weighted by Crippen LogP contribution is -2.14. The third-order valence-corrected chi connectivity index (χ3v) is 3.93. The number of carbonyl (C=O) groups excluding carboxylic acids is 1. The zero-order chi connectivity index (χ0) is 15.9. The maximum absolute atomic E-state index is 11.8. The lowest BCUT2D eigenvalue weighted by atomic mass is 9.99. The molecule has 0 aromatic heterocycles. The van der Waals surface area contributed by atoms with Crippen LogP contribution in [-0.2, 0) is 9.53 Å². The maximum atomic E-state index is 11.8. The van der Waals surface area contributed by atoms with E-state index in [-0.39, 0.29) is 12.2 Å².